The molecule has 0 fully saturated rings. The van der Waals surface area contributed by atoms with Gasteiger partial charge in [0.05, 0.1) is 17.1 Å². The molecule has 0 saturated carbocycles. The molecule has 0 amide bonds. The molecule has 0 aromatic heterocycles. The highest BCUT2D eigenvalue weighted by Gasteiger charge is 2.12. The van der Waals surface area contributed by atoms with E-state index in [-0.39, 0.29) is 11.6 Å². The van der Waals surface area contributed by atoms with Gasteiger partial charge in [-0.05, 0) is 19.1 Å². The van der Waals surface area contributed by atoms with Crippen molar-refractivity contribution >= 4 is 22.3 Å². The third-order valence-corrected chi connectivity index (χ3v) is 3.35. The second-order valence-corrected chi connectivity index (χ2v) is 5.01. The molecule has 0 unspecified atom stereocenters. The number of aryl methyl sites for hydroxylation is 1. The van der Waals surface area contributed by atoms with Gasteiger partial charge in [-0.1, -0.05) is 17.7 Å². The summed E-state index contributed by atoms with van der Waals surface area (Å²) in [5, 5.41) is 4.98. The van der Waals surface area contributed by atoms with E-state index in [1.54, 1.807) is 12.1 Å². The van der Waals surface area contributed by atoms with Crippen molar-refractivity contribution in [2.75, 3.05) is 6.73 Å². The lowest BCUT2D eigenvalue weighted by atomic mass is 10.2. The summed E-state index contributed by atoms with van der Waals surface area (Å²) in [6.45, 7) is 1.73. The van der Waals surface area contributed by atoms with Gasteiger partial charge in [-0.25, -0.2) is 8.42 Å². The summed E-state index contributed by atoms with van der Waals surface area (Å²) in [7, 11) is -3.49. The normalized spacial score (nSPS) is 11.6. The van der Waals surface area contributed by atoms with Crippen LogP contribution in [0.5, 0.6) is 0 Å². The van der Waals surface area contributed by atoms with E-state index in [0.29, 0.717) is 12.2 Å². The van der Waals surface area contributed by atoms with Gasteiger partial charge in [0.15, 0.2) is 0 Å². The van der Waals surface area contributed by atoms with Crippen LogP contribution in [0.1, 0.15) is 5.56 Å². The Morgan fingerprint density at radius 2 is 2.00 bits per heavy atom. The van der Waals surface area contributed by atoms with Crippen LogP contribution in [-0.4, -0.2) is 15.1 Å². The maximum absolute atomic E-state index is 11.6. The highest BCUT2D eigenvalue weighted by atomic mass is 32.2. The van der Waals surface area contributed by atoms with Crippen molar-refractivity contribution in [2.24, 2.45) is 5.14 Å². The molecule has 3 N–H and O–H groups in total. The molecule has 0 atom stereocenters. The van der Waals surface area contributed by atoms with Gasteiger partial charge in [0.25, 0.3) is 0 Å². The average molecular weight is 248 g/mol. The van der Waals surface area contributed by atoms with Crippen LogP contribution in [0, 0.1) is 6.92 Å². The molecule has 0 saturated heterocycles. The fourth-order valence-corrected chi connectivity index (χ4v) is 2.01. The standard InChI is InChI=1S/C8H12N2O3S2/c1-7-2-4-8(5-3-7)15(11,12)10-6-13-14-9/h2-5,10H,6,9H2,1H3. The topological polar surface area (TPSA) is 81.4 Å². The van der Waals surface area contributed by atoms with Crippen LogP contribution in [0.3, 0.4) is 0 Å². The highest BCUT2D eigenvalue weighted by Crippen LogP contribution is 2.09. The van der Waals surface area contributed by atoms with Crippen LogP contribution in [0.4, 0.5) is 0 Å². The van der Waals surface area contributed by atoms with Crippen molar-refractivity contribution in [1.82, 2.24) is 4.72 Å². The predicted molar refractivity (Wildman–Crippen MR) is 59.2 cm³/mol. The second kappa shape index (κ2) is 5.47. The molecule has 0 aliphatic heterocycles. The van der Waals surface area contributed by atoms with Gasteiger partial charge in [-0.3, -0.25) is 9.32 Å². The molecule has 0 aliphatic rings. The number of hydrogen-bond donors (Lipinski definition) is 2. The second-order valence-electron chi connectivity index (χ2n) is 2.82. The lowest BCUT2D eigenvalue weighted by Gasteiger charge is -2.05. The average Bonchev–Trinajstić information content (AvgIpc) is 2.18. The summed E-state index contributed by atoms with van der Waals surface area (Å²) in [6.07, 6.45) is 0. The summed E-state index contributed by atoms with van der Waals surface area (Å²) in [5.41, 5.74) is 1.00. The lowest BCUT2D eigenvalue weighted by Crippen LogP contribution is -2.25. The minimum absolute atomic E-state index is 0.155. The van der Waals surface area contributed by atoms with E-state index in [9.17, 15) is 8.42 Å². The Hall–Kier alpha value is -0.600. The van der Waals surface area contributed by atoms with Crippen molar-refractivity contribution in [3.63, 3.8) is 0 Å². The van der Waals surface area contributed by atoms with Crippen LogP contribution in [0.2, 0.25) is 0 Å². The van der Waals surface area contributed by atoms with Crippen molar-refractivity contribution in [1.29, 1.82) is 0 Å². The predicted octanol–water partition coefficient (Wildman–Crippen LogP) is 0.769. The Morgan fingerprint density at radius 3 is 2.53 bits per heavy atom. The summed E-state index contributed by atoms with van der Waals surface area (Å²) >= 11 is 0.613. The van der Waals surface area contributed by atoms with E-state index in [1.165, 1.54) is 12.1 Å². The first-order valence-electron chi connectivity index (χ1n) is 4.11. The zero-order valence-corrected chi connectivity index (χ0v) is 9.77. The Bertz CT molecular complexity index is 402. The van der Waals surface area contributed by atoms with Gasteiger partial charge < -0.3 is 0 Å². The molecule has 0 bridgehead atoms. The van der Waals surface area contributed by atoms with E-state index < -0.39 is 10.0 Å². The molecule has 84 valence electrons. The van der Waals surface area contributed by atoms with Crippen LogP contribution >= 0.6 is 12.2 Å². The summed E-state index contributed by atoms with van der Waals surface area (Å²) < 4.78 is 30.0. The molecule has 0 radical (unpaired) electrons. The molecule has 1 aromatic rings. The fraction of sp³-hybridized carbons (Fsp3) is 0.250. The van der Waals surface area contributed by atoms with Gasteiger partial charge in [0.1, 0.15) is 6.73 Å². The quantitative estimate of drug-likeness (QED) is 0.348. The smallest absolute Gasteiger partial charge is 0.242 e. The third-order valence-electron chi connectivity index (χ3n) is 1.71. The van der Waals surface area contributed by atoms with Crippen LogP contribution in [0.15, 0.2) is 29.2 Å². The maximum Gasteiger partial charge on any atom is 0.242 e. The van der Waals surface area contributed by atoms with E-state index in [0.717, 1.165) is 5.56 Å². The summed E-state index contributed by atoms with van der Waals surface area (Å²) in [4.78, 5) is 0.207. The van der Waals surface area contributed by atoms with Crippen LogP contribution in [-0.2, 0) is 14.2 Å². The molecule has 5 nitrogen and oxygen atoms in total. The molecule has 0 aliphatic carbocycles. The Balaban J connectivity index is 2.73. The molecular weight excluding hydrogens is 236 g/mol. The third kappa shape index (κ3) is 3.80. The first-order valence-corrected chi connectivity index (χ1v) is 6.40. The Kier molecular flexibility index (Phi) is 4.55. The molecule has 1 rings (SSSR count). The lowest BCUT2D eigenvalue weighted by molar-refractivity contribution is 0.365. The number of hydrogen-bond acceptors (Lipinski definition) is 5. The number of nitrogens with two attached hydrogens (primary N) is 1. The number of sulfonamides is 1. The van der Waals surface area contributed by atoms with E-state index in [4.69, 9.17) is 5.14 Å². The molecule has 0 spiro atoms. The van der Waals surface area contributed by atoms with Gasteiger partial charge in [0.2, 0.25) is 10.0 Å². The van der Waals surface area contributed by atoms with Gasteiger partial charge >= 0.3 is 0 Å². The molecule has 15 heavy (non-hydrogen) atoms. The molecule has 7 heteroatoms. The van der Waals surface area contributed by atoms with E-state index in [1.807, 2.05) is 6.92 Å². The Morgan fingerprint density at radius 1 is 1.40 bits per heavy atom. The maximum atomic E-state index is 11.6. The van der Waals surface area contributed by atoms with Crippen molar-refractivity contribution in [3.8, 4) is 0 Å². The van der Waals surface area contributed by atoms with Crippen molar-refractivity contribution < 1.29 is 12.6 Å². The van der Waals surface area contributed by atoms with Crippen molar-refractivity contribution in [2.45, 2.75) is 11.8 Å². The van der Waals surface area contributed by atoms with Gasteiger partial charge in [0, 0.05) is 0 Å². The minimum Gasteiger partial charge on any atom is -0.285 e. The van der Waals surface area contributed by atoms with E-state index >= 15 is 0 Å². The van der Waals surface area contributed by atoms with E-state index in [2.05, 4.69) is 8.91 Å². The number of benzene rings is 1. The zero-order valence-electron chi connectivity index (χ0n) is 8.14. The first kappa shape index (κ1) is 12.5. The SMILES string of the molecule is Cc1ccc(S(=O)(=O)NCOSN)cc1. The van der Waals surface area contributed by atoms with Crippen molar-refractivity contribution in [3.05, 3.63) is 29.8 Å². The highest BCUT2D eigenvalue weighted by molar-refractivity contribution is 7.92. The zero-order chi connectivity index (χ0) is 11.3. The number of rotatable bonds is 5. The van der Waals surface area contributed by atoms with Crippen LogP contribution in [0.25, 0.3) is 0 Å². The fourth-order valence-electron chi connectivity index (χ4n) is 0.936. The summed E-state index contributed by atoms with van der Waals surface area (Å²) in [5.74, 6) is 0. The monoisotopic (exact) mass is 248 g/mol. The van der Waals surface area contributed by atoms with Gasteiger partial charge in [-0.15, -0.1) is 0 Å². The molecule has 0 heterocycles. The van der Waals surface area contributed by atoms with Crippen LogP contribution < -0.4 is 9.86 Å². The largest absolute Gasteiger partial charge is 0.285 e. The summed E-state index contributed by atoms with van der Waals surface area (Å²) in [6, 6.07) is 6.53. The molecular formula is C8H12N2O3S2. The minimum atomic E-state index is -3.49. The Labute approximate surface area is 93.4 Å². The van der Waals surface area contributed by atoms with Gasteiger partial charge in [-0.2, -0.15) is 4.72 Å². The molecule has 1 aromatic carbocycles. The number of nitrogens with one attached hydrogen (secondary N) is 1. The first-order chi connectivity index (χ1) is 7.06.